The van der Waals surface area contributed by atoms with Gasteiger partial charge in [0.05, 0.1) is 7.11 Å². The fourth-order valence-corrected chi connectivity index (χ4v) is 0.914. The first-order chi connectivity index (χ1) is 6.52. The molecule has 0 fully saturated rings. The lowest BCUT2D eigenvalue weighted by Crippen LogP contribution is -2.11. The molecule has 0 aromatic rings. The monoisotopic (exact) mass is 196 g/mol. The third-order valence-corrected chi connectivity index (χ3v) is 1.94. The fraction of sp³-hybridized carbons (Fsp3) is 0.636. The minimum absolute atomic E-state index is 0.0352. The number of esters is 1. The van der Waals surface area contributed by atoms with E-state index in [0.717, 1.165) is 12.7 Å². The highest BCUT2D eigenvalue weighted by Crippen LogP contribution is 2.24. The lowest BCUT2D eigenvalue weighted by molar-refractivity contribution is -0.133. The number of carbonyl (C=O) groups is 2. The van der Waals surface area contributed by atoms with E-state index in [-0.39, 0.29) is 5.41 Å². The second-order valence-corrected chi connectivity index (χ2v) is 3.83. The SMILES string of the molecule is COC(=O)C#CCCC(C)(C)CC=O. The Kier molecular flexibility index (Phi) is 5.62. The van der Waals surface area contributed by atoms with Gasteiger partial charge in [-0.05, 0) is 11.8 Å². The van der Waals surface area contributed by atoms with Gasteiger partial charge in [-0.1, -0.05) is 19.8 Å². The number of hydrogen-bond donors (Lipinski definition) is 0. The van der Waals surface area contributed by atoms with Crippen molar-refractivity contribution in [1.82, 2.24) is 0 Å². The average Bonchev–Trinajstić information content (AvgIpc) is 2.12. The molecule has 0 aliphatic rings. The van der Waals surface area contributed by atoms with Crippen molar-refractivity contribution >= 4 is 12.3 Å². The van der Waals surface area contributed by atoms with E-state index < -0.39 is 5.97 Å². The van der Waals surface area contributed by atoms with E-state index in [0.29, 0.717) is 12.8 Å². The average molecular weight is 196 g/mol. The van der Waals surface area contributed by atoms with Crippen LogP contribution in [0.2, 0.25) is 0 Å². The summed E-state index contributed by atoms with van der Waals surface area (Å²) in [5.74, 6) is 4.54. The zero-order chi connectivity index (χ0) is 11.0. The molecule has 14 heavy (non-hydrogen) atoms. The smallest absolute Gasteiger partial charge is 0.384 e. The van der Waals surface area contributed by atoms with Crippen molar-refractivity contribution < 1.29 is 14.3 Å². The molecule has 0 amide bonds. The zero-order valence-corrected chi connectivity index (χ0v) is 8.92. The van der Waals surface area contributed by atoms with Gasteiger partial charge in [-0.15, -0.1) is 0 Å². The Morgan fingerprint density at radius 2 is 2.14 bits per heavy atom. The summed E-state index contributed by atoms with van der Waals surface area (Å²) < 4.78 is 4.36. The van der Waals surface area contributed by atoms with Crippen LogP contribution in [0.3, 0.4) is 0 Å². The van der Waals surface area contributed by atoms with Gasteiger partial charge in [0.25, 0.3) is 0 Å². The topological polar surface area (TPSA) is 43.4 Å². The third kappa shape index (κ3) is 6.24. The highest BCUT2D eigenvalue weighted by molar-refractivity contribution is 5.88. The van der Waals surface area contributed by atoms with E-state index >= 15 is 0 Å². The summed E-state index contributed by atoms with van der Waals surface area (Å²) in [5, 5.41) is 0. The molecule has 0 aromatic heterocycles. The maximum Gasteiger partial charge on any atom is 0.384 e. The molecule has 0 N–H and O–H groups in total. The van der Waals surface area contributed by atoms with E-state index in [1.54, 1.807) is 0 Å². The van der Waals surface area contributed by atoms with Crippen LogP contribution >= 0.6 is 0 Å². The van der Waals surface area contributed by atoms with Gasteiger partial charge in [0.15, 0.2) is 0 Å². The maximum atomic E-state index is 10.6. The number of carbonyl (C=O) groups excluding carboxylic acids is 2. The number of hydrogen-bond acceptors (Lipinski definition) is 3. The molecule has 0 aromatic carbocycles. The Balaban J connectivity index is 3.86. The first kappa shape index (κ1) is 12.7. The molecule has 0 atom stereocenters. The minimum atomic E-state index is -0.516. The van der Waals surface area contributed by atoms with Crippen LogP contribution in [0, 0.1) is 17.3 Å². The van der Waals surface area contributed by atoms with Crippen molar-refractivity contribution in [3.8, 4) is 11.8 Å². The van der Waals surface area contributed by atoms with E-state index in [9.17, 15) is 9.59 Å². The van der Waals surface area contributed by atoms with Crippen LogP contribution in [0.25, 0.3) is 0 Å². The maximum absolute atomic E-state index is 10.6. The summed E-state index contributed by atoms with van der Waals surface area (Å²) in [6, 6.07) is 0. The van der Waals surface area contributed by atoms with E-state index in [4.69, 9.17) is 0 Å². The Hall–Kier alpha value is -1.30. The summed E-state index contributed by atoms with van der Waals surface area (Å²) in [6.07, 6.45) is 2.84. The molecule has 3 nitrogen and oxygen atoms in total. The van der Waals surface area contributed by atoms with Gasteiger partial charge in [-0.3, -0.25) is 0 Å². The number of rotatable bonds is 4. The van der Waals surface area contributed by atoms with Gasteiger partial charge in [-0.2, -0.15) is 0 Å². The highest BCUT2D eigenvalue weighted by atomic mass is 16.5. The van der Waals surface area contributed by atoms with Crippen LogP contribution in [0.1, 0.15) is 33.1 Å². The van der Waals surface area contributed by atoms with Crippen LogP contribution in [0.4, 0.5) is 0 Å². The molecule has 0 saturated heterocycles. The zero-order valence-electron chi connectivity index (χ0n) is 8.92. The molecule has 0 bridgehead atoms. The van der Waals surface area contributed by atoms with Crippen molar-refractivity contribution in [3.05, 3.63) is 0 Å². The van der Waals surface area contributed by atoms with Crippen LogP contribution < -0.4 is 0 Å². The standard InChI is InChI=1S/C11H16O3/c1-11(2,8-9-12)7-5-4-6-10(13)14-3/h9H,5,7-8H2,1-3H3. The van der Waals surface area contributed by atoms with Gasteiger partial charge in [-0.25, -0.2) is 4.79 Å². The second-order valence-electron chi connectivity index (χ2n) is 3.83. The van der Waals surface area contributed by atoms with Gasteiger partial charge in [0, 0.05) is 18.8 Å². The van der Waals surface area contributed by atoms with Crippen LogP contribution in [0.5, 0.6) is 0 Å². The molecule has 78 valence electrons. The molecule has 0 aliphatic heterocycles. The lowest BCUT2D eigenvalue weighted by atomic mass is 9.85. The van der Waals surface area contributed by atoms with Crippen LogP contribution in [0.15, 0.2) is 0 Å². The Labute approximate surface area is 84.8 Å². The molecular weight excluding hydrogens is 180 g/mol. The molecule has 0 saturated carbocycles. The first-order valence-corrected chi connectivity index (χ1v) is 4.52. The normalized spacial score (nSPS) is 9.93. The van der Waals surface area contributed by atoms with Crippen molar-refractivity contribution in [2.75, 3.05) is 7.11 Å². The highest BCUT2D eigenvalue weighted by Gasteiger charge is 2.15. The number of ether oxygens (including phenoxy) is 1. The van der Waals surface area contributed by atoms with Gasteiger partial charge in [0.1, 0.15) is 6.29 Å². The van der Waals surface area contributed by atoms with Gasteiger partial charge in [0.2, 0.25) is 0 Å². The predicted molar refractivity (Wildman–Crippen MR) is 53.5 cm³/mol. The summed E-state index contributed by atoms with van der Waals surface area (Å²) >= 11 is 0. The molecular formula is C11H16O3. The second kappa shape index (κ2) is 6.20. The van der Waals surface area contributed by atoms with Crippen molar-refractivity contribution in [3.63, 3.8) is 0 Å². The van der Waals surface area contributed by atoms with Crippen molar-refractivity contribution in [2.45, 2.75) is 33.1 Å². The third-order valence-electron chi connectivity index (χ3n) is 1.94. The van der Waals surface area contributed by atoms with Crippen molar-refractivity contribution in [1.29, 1.82) is 0 Å². The van der Waals surface area contributed by atoms with Crippen LogP contribution in [-0.2, 0) is 14.3 Å². The largest absolute Gasteiger partial charge is 0.459 e. The van der Waals surface area contributed by atoms with E-state index in [1.807, 2.05) is 13.8 Å². The molecule has 0 rings (SSSR count). The lowest BCUT2D eigenvalue weighted by Gasteiger charge is -2.19. The minimum Gasteiger partial charge on any atom is -0.459 e. The fourth-order valence-electron chi connectivity index (χ4n) is 0.914. The quantitative estimate of drug-likeness (QED) is 0.296. The number of methoxy groups -OCH3 is 1. The molecule has 3 heteroatoms. The van der Waals surface area contributed by atoms with E-state index in [1.165, 1.54) is 7.11 Å². The van der Waals surface area contributed by atoms with Crippen molar-refractivity contribution in [2.24, 2.45) is 5.41 Å². The van der Waals surface area contributed by atoms with Gasteiger partial charge < -0.3 is 9.53 Å². The van der Waals surface area contributed by atoms with E-state index in [2.05, 4.69) is 16.6 Å². The Morgan fingerprint density at radius 3 is 2.64 bits per heavy atom. The summed E-state index contributed by atoms with van der Waals surface area (Å²) in [7, 11) is 1.30. The molecule has 0 heterocycles. The summed E-state index contributed by atoms with van der Waals surface area (Å²) in [4.78, 5) is 20.9. The molecule has 0 spiro atoms. The first-order valence-electron chi connectivity index (χ1n) is 4.52. The molecule has 0 aliphatic carbocycles. The number of aldehydes is 1. The summed E-state index contributed by atoms with van der Waals surface area (Å²) in [5.41, 5.74) is -0.0352. The Bertz CT molecular complexity index is 255. The Morgan fingerprint density at radius 1 is 1.50 bits per heavy atom. The summed E-state index contributed by atoms with van der Waals surface area (Å²) in [6.45, 7) is 4.00. The van der Waals surface area contributed by atoms with Gasteiger partial charge >= 0.3 is 5.97 Å². The molecule has 0 unspecified atom stereocenters. The predicted octanol–water partition coefficient (Wildman–Crippen LogP) is 1.56. The molecule has 0 radical (unpaired) electrons. The van der Waals surface area contributed by atoms with Crippen LogP contribution in [-0.4, -0.2) is 19.4 Å².